The Morgan fingerprint density at radius 3 is 2.60 bits per heavy atom. The minimum Gasteiger partial charge on any atom is -0.618 e. The molecule has 0 aliphatic heterocycles. The molecule has 78 valence electrons. The zero-order chi connectivity index (χ0) is 10.8. The zero-order valence-corrected chi connectivity index (χ0v) is 11.0. The average molecular weight is 332 g/mol. The van der Waals surface area contributed by atoms with E-state index in [1.54, 1.807) is 6.07 Å². The summed E-state index contributed by atoms with van der Waals surface area (Å²) in [7, 11) is 0. The molecule has 0 radical (unpaired) electrons. The van der Waals surface area contributed by atoms with Gasteiger partial charge in [0.15, 0.2) is 0 Å². The smallest absolute Gasteiger partial charge is 0.242 e. The fraction of sp³-hybridized carbons (Fsp3) is 0.200. The van der Waals surface area contributed by atoms with Crippen molar-refractivity contribution in [2.45, 2.75) is 10.7 Å². The molecule has 0 bridgehead atoms. The van der Waals surface area contributed by atoms with Crippen molar-refractivity contribution in [3.05, 3.63) is 40.9 Å². The van der Waals surface area contributed by atoms with Gasteiger partial charge in [0.1, 0.15) is 11.2 Å². The van der Waals surface area contributed by atoms with Crippen LogP contribution in [0.3, 0.4) is 0 Å². The Morgan fingerprint density at radius 1 is 1.20 bits per heavy atom. The Hall–Kier alpha value is -0.680. The number of halogens is 2. The molecule has 3 nitrogen and oxygen atoms in total. The van der Waals surface area contributed by atoms with E-state index >= 15 is 0 Å². The molecule has 5 heteroatoms. The first kappa shape index (κ1) is 10.8. The van der Waals surface area contributed by atoms with Gasteiger partial charge in [-0.3, -0.25) is 0 Å². The third-order valence-electron chi connectivity index (χ3n) is 2.19. The lowest BCUT2D eigenvalue weighted by atomic mass is 10.2. The molecule has 0 saturated carbocycles. The minimum atomic E-state index is 0.509. The van der Waals surface area contributed by atoms with Crippen LogP contribution in [0.25, 0.3) is 11.0 Å². The number of nitrogens with zero attached hydrogens (tertiary/aromatic N) is 2. The molecule has 2 aromatic rings. The summed E-state index contributed by atoms with van der Waals surface area (Å²) in [4.78, 5) is 4.43. The lowest BCUT2D eigenvalue weighted by Gasteiger charge is -2.08. The Balaban J connectivity index is 2.81. The predicted molar refractivity (Wildman–Crippen MR) is 66.0 cm³/mol. The standard InChI is InChI=1S/C10H8Br2N2O/c11-5-8-10(6-12)14(15)9-4-2-1-3-7(9)13-8/h1-4H,5-6H2. The third kappa shape index (κ3) is 1.86. The average Bonchev–Trinajstić information content (AvgIpc) is 2.29. The molecule has 2 rings (SSSR count). The highest BCUT2D eigenvalue weighted by Crippen LogP contribution is 2.15. The summed E-state index contributed by atoms with van der Waals surface area (Å²) in [5.41, 5.74) is 2.77. The largest absolute Gasteiger partial charge is 0.618 e. The fourth-order valence-corrected chi connectivity index (χ4v) is 2.44. The molecule has 0 fully saturated rings. The van der Waals surface area contributed by atoms with Crippen molar-refractivity contribution in [2.75, 3.05) is 0 Å². The normalized spacial score (nSPS) is 10.8. The second kappa shape index (κ2) is 4.45. The van der Waals surface area contributed by atoms with Gasteiger partial charge in [-0.2, -0.15) is 4.73 Å². The van der Waals surface area contributed by atoms with Gasteiger partial charge in [0.25, 0.3) is 0 Å². The highest BCUT2D eigenvalue weighted by atomic mass is 79.9. The van der Waals surface area contributed by atoms with Crippen LogP contribution in [0.15, 0.2) is 24.3 Å². The van der Waals surface area contributed by atoms with E-state index in [1.165, 1.54) is 0 Å². The SMILES string of the molecule is [O-][n+]1c(CBr)c(CBr)nc2ccccc21. The van der Waals surface area contributed by atoms with Crippen molar-refractivity contribution in [2.24, 2.45) is 0 Å². The van der Waals surface area contributed by atoms with Crippen LogP contribution in [0.4, 0.5) is 0 Å². The van der Waals surface area contributed by atoms with E-state index in [9.17, 15) is 5.21 Å². The highest BCUT2D eigenvalue weighted by Gasteiger charge is 2.16. The lowest BCUT2D eigenvalue weighted by molar-refractivity contribution is -0.585. The number of fused-ring (bicyclic) bond motifs is 1. The molecular formula is C10H8Br2N2O. The summed E-state index contributed by atoms with van der Waals surface area (Å²) in [5.74, 6) is 0. The lowest BCUT2D eigenvalue weighted by Crippen LogP contribution is -2.34. The maximum atomic E-state index is 12.0. The van der Waals surface area contributed by atoms with Crippen LogP contribution in [0.1, 0.15) is 11.4 Å². The number of alkyl halides is 2. The van der Waals surface area contributed by atoms with Crippen LogP contribution in [-0.4, -0.2) is 4.98 Å². The van der Waals surface area contributed by atoms with Crippen molar-refractivity contribution in [1.29, 1.82) is 0 Å². The van der Waals surface area contributed by atoms with Gasteiger partial charge in [-0.05, 0) is 6.07 Å². The van der Waals surface area contributed by atoms with E-state index in [4.69, 9.17) is 0 Å². The first-order valence-electron chi connectivity index (χ1n) is 4.40. The number of rotatable bonds is 2. The van der Waals surface area contributed by atoms with Gasteiger partial charge in [0.05, 0.1) is 10.7 Å². The maximum Gasteiger partial charge on any atom is 0.242 e. The summed E-state index contributed by atoms with van der Waals surface area (Å²) < 4.78 is 0.938. The van der Waals surface area contributed by atoms with Crippen molar-refractivity contribution >= 4 is 42.9 Å². The monoisotopic (exact) mass is 330 g/mol. The van der Waals surface area contributed by atoms with Crippen LogP contribution < -0.4 is 4.73 Å². The third-order valence-corrected chi connectivity index (χ3v) is 3.25. The maximum absolute atomic E-state index is 12.0. The summed E-state index contributed by atoms with van der Waals surface area (Å²) in [5, 5.41) is 13.1. The topological polar surface area (TPSA) is 39.8 Å². The highest BCUT2D eigenvalue weighted by molar-refractivity contribution is 9.09. The van der Waals surface area contributed by atoms with E-state index in [0.29, 0.717) is 21.9 Å². The molecule has 0 amide bonds. The van der Waals surface area contributed by atoms with Crippen LogP contribution >= 0.6 is 31.9 Å². The number of para-hydroxylation sites is 2. The van der Waals surface area contributed by atoms with Crippen molar-refractivity contribution in [3.63, 3.8) is 0 Å². The van der Waals surface area contributed by atoms with E-state index in [-0.39, 0.29) is 0 Å². The molecule has 0 spiro atoms. The summed E-state index contributed by atoms with van der Waals surface area (Å²) in [6.07, 6.45) is 0. The Morgan fingerprint density at radius 2 is 1.93 bits per heavy atom. The van der Waals surface area contributed by atoms with Gasteiger partial charge >= 0.3 is 0 Å². The molecule has 15 heavy (non-hydrogen) atoms. The van der Waals surface area contributed by atoms with Crippen molar-refractivity contribution in [3.8, 4) is 0 Å². The molecule has 0 saturated heterocycles. The van der Waals surface area contributed by atoms with E-state index in [2.05, 4.69) is 36.8 Å². The molecule has 1 aromatic carbocycles. The second-order valence-corrected chi connectivity index (χ2v) is 4.18. The number of hydrogen-bond donors (Lipinski definition) is 0. The quantitative estimate of drug-likeness (QED) is 0.482. The first-order chi connectivity index (χ1) is 7.27. The van der Waals surface area contributed by atoms with Gasteiger partial charge in [-0.25, -0.2) is 4.98 Å². The van der Waals surface area contributed by atoms with Crippen LogP contribution in [-0.2, 0) is 10.7 Å². The van der Waals surface area contributed by atoms with Crippen molar-refractivity contribution < 1.29 is 4.73 Å². The molecule has 0 aliphatic rings. The van der Waals surface area contributed by atoms with Crippen LogP contribution in [0.2, 0.25) is 0 Å². The molecule has 1 heterocycles. The molecule has 0 atom stereocenters. The molecular weight excluding hydrogens is 324 g/mol. The van der Waals surface area contributed by atoms with Gasteiger partial charge in [-0.15, -0.1) is 0 Å². The number of hydrogen-bond acceptors (Lipinski definition) is 2. The fourth-order valence-electron chi connectivity index (χ4n) is 1.44. The summed E-state index contributed by atoms with van der Waals surface area (Å²) in [6, 6.07) is 7.33. The minimum absolute atomic E-state index is 0.509. The molecule has 0 N–H and O–H groups in total. The number of aromatic nitrogens is 2. The van der Waals surface area contributed by atoms with E-state index in [0.717, 1.165) is 15.9 Å². The van der Waals surface area contributed by atoms with Crippen LogP contribution in [0.5, 0.6) is 0 Å². The first-order valence-corrected chi connectivity index (χ1v) is 6.64. The van der Waals surface area contributed by atoms with E-state index in [1.807, 2.05) is 18.2 Å². The van der Waals surface area contributed by atoms with Gasteiger partial charge in [-0.1, -0.05) is 44.0 Å². The van der Waals surface area contributed by atoms with E-state index < -0.39 is 0 Å². The summed E-state index contributed by atoms with van der Waals surface area (Å²) in [6.45, 7) is 0. The Bertz CT molecular complexity index is 502. The van der Waals surface area contributed by atoms with Crippen LogP contribution in [0, 0.1) is 5.21 Å². The van der Waals surface area contributed by atoms with Gasteiger partial charge in [0, 0.05) is 6.07 Å². The molecule has 0 aliphatic carbocycles. The molecule has 1 aromatic heterocycles. The zero-order valence-electron chi connectivity index (χ0n) is 7.78. The molecule has 0 unspecified atom stereocenters. The Kier molecular flexibility index (Phi) is 3.21. The van der Waals surface area contributed by atoms with Crippen molar-refractivity contribution in [1.82, 2.24) is 4.98 Å². The summed E-state index contributed by atoms with van der Waals surface area (Å²) >= 11 is 6.64. The number of benzene rings is 1. The van der Waals surface area contributed by atoms with Gasteiger partial charge < -0.3 is 5.21 Å². The van der Waals surface area contributed by atoms with Gasteiger partial charge in [0.2, 0.25) is 11.2 Å². The predicted octanol–water partition coefficient (Wildman–Crippen LogP) is 2.66. The second-order valence-electron chi connectivity index (χ2n) is 3.06. The Labute approximate surface area is 104 Å².